The van der Waals surface area contributed by atoms with E-state index < -0.39 is 21.6 Å². The second-order valence-corrected chi connectivity index (χ2v) is 3.46. The summed E-state index contributed by atoms with van der Waals surface area (Å²) in [6.07, 6.45) is 0.876. The van der Waals surface area contributed by atoms with Crippen molar-refractivity contribution < 1.29 is 17.9 Å². The zero-order valence-electron chi connectivity index (χ0n) is 4.40. The molecule has 1 rings (SSSR count). The molecule has 50 valence electrons. The number of hydrogen-bond acceptors (Lipinski definition) is 4. The SMILES string of the molecule is O=C1CS(=O)(=O)C=CO1. The highest BCUT2D eigenvalue weighted by atomic mass is 32.2. The van der Waals surface area contributed by atoms with E-state index in [1.165, 1.54) is 0 Å². The monoisotopic (exact) mass is 148 g/mol. The van der Waals surface area contributed by atoms with E-state index in [4.69, 9.17) is 0 Å². The molecule has 0 atom stereocenters. The zero-order valence-corrected chi connectivity index (χ0v) is 5.22. The van der Waals surface area contributed by atoms with Crippen LogP contribution in [0, 0.1) is 0 Å². The second kappa shape index (κ2) is 1.84. The molecule has 0 amide bonds. The van der Waals surface area contributed by atoms with Crippen molar-refractivity contribution in [3.05, 3.63) is 11.7 Å². The summed E-state index contributed by atoms with van der Waals surface area (Å²) >= 11 is 0. The maximum atomic E-state index is 10.5. The summed E-state index contributed by atoms with van der Waals surface area (Å²) in [6.45, 7) is 0. The number of esters is 1. The third kappa shape index (κ3) is 1.53. The number of sulfone groups is 1. The minimum Gasteiger partial charge on any atom is -0.433 e. The van der Waals surface area contributed by atoms with Crippen molar-refractivity contribution in [3.63, 3.8) is 0 Å². The predicted octanol–water partition coefficient (Wildman–Crippen LogP) is -0.571. The number of hydrogen-bond donors (Lipinski definition) is 0. The van der Waals surface area contributed by atoms with Gasteiger partial charge in [0, 0.05) is 0 Å². The molecule has 0 bridgehead atoms. The standard InChI is InChI=1S/C4H4O4S/c5-4-3-9(6,7)2-1-8-4/h1-2H,3H2. The van der Waals surface area contributed by atoms with Crippen molar-refractivity contribution in [2.45, 2.75) is 0 Å². The Labute approximate surface area is 52.0 Å². The first-order chi connectivity index (χ1) is 4.10. The number of carbonyl (C=O) groups is 1. The van der Waals surface area contributed by atoms with Crippen LogP contribution < -0.4 is 0 Å². The molecule has 0 saturated carbocycles. The molecule has 4 nitrogen and oxygen atoms in total. The van der Waals surface area contributed by atoms with Gasteiger partial charge in [0.25, 0.3) is 0 Å². The third-order valence-corrected chi connectivity index (χ3v) is 1.95. The van der Waals surface area contributed by atoms with Crippen LogP contribution in [0.15, 0.2) is 11.7 Å². The second-order valence-electron chi connectivity index (χ2n) is 1.57. The molecule has 0 N–H and O–H groups in total. The largest absolute Gasteiger partial charge is 0.433 e. The van der Waals surface area contributed by atoms with Gasteiger partial charge in [0.15, 0.2) is 15.6 Å². The predicted molar refractivity (Wildman–Crippen MR) is 29.0 cm³/mol. The maximum Gasteiger partial charge on any atom is 0.326 e. The lowest BCUT2D eigenvalue weighted by Crippen LogP contribution is -2.18. The molecule has 9 heavy (non-hydrogen) atoms. The zero-order chi connectivity index (χ0) is 6.91. The van der Waals surface area contributed by atoms with Gasteiger partial charge in [-0.15, -0.1) is 0 Å². The van der Waals surface area contributed by atoms with Gasteiger partial charge in [-0.1, -0.05) is 0 Å². The third-order valence-electron chi connectivity index (χ3n) is 0.781. The van der Waals surface area contributed by atoms with Crippen LogP contribution in [0.4, 0.5) is 0 Å². The molecule has 0 aliphatic carbocycles. The Morgan fingerprint density at radius 2 is 2.22 bits per heavy atom. The molecule has 0 radical (unpaired) electrons. The first-order valence-corrected chi connectivity index (χ1v) is 3.90. The van der Waals surface area contributed by atoms with Crippen LogP contribution >= 0.6 is 0 Å². The summed E-state index contributed by atoms with van der Waals surface area (Å²) in [6, 6.07) is 0. The van der Waals surface area contributed by atoms with Gasteiger partial charge in [0.1, 0.15) is 6.26 Å². The van der Waals surface area contributed by atoms with Crippen molar-refractivity contribution in [3.8, 4) is 0 Å². The van der Waals surface area contributed by atoms with E-state index >= 15 is 0 Å². The molecule has 0 unspecified atom stereocenters. The Hall–Kier alpha value is -0.840. The fourth-order valence-electron chi connectivity index (χ4n) is 0.435. The molecule has 0 fully saturated rings. The Morgan fingerprint density at radius 3 is 2.56 bits per heavy atom. The van der Waals surface area contributed by atoms with Crippen LogP contribution in [0.25, 0.3) is 0 Å². The molecular weight excluding hydrogens is 144 g/mol. The highest BCUT2D eigenvalue weighted by Crippen LogP contribution is 2.00. The van der Waals surface area contributed by atoms with Crippen LogP contribution in [-0.2, 0) is 19.4 Å². The van der Waals surface area contributed by atoms with E-state index in [1.54, 1.807) is 0 Å². The van der Waals surface area contributed by atoms with Crippen LogP contribution in [0.1, 0.15) is 0 Å². The fraction of sp³-hybridized carbons (Fsp3) is 0.250. The van der Waals surface area contributed by atoms with Gasteiger partial charge < -0.3 is 4.74 Å². The lowest BCUT2D eigenvalue weighted by atomic mass is 10.8. The summed E-state index contributed by atoms with van der Waals surface area (Å²) in [7, 11) is -3.29. The quantitative estimate of drug-likeness (QED) is 0.431. The number of rotatable bonds is 0. The molecule has 1 aliphatic rings. The van der Waals surface area contributed by atoms with E-state index in [-0.39, 0.29) is 0 Å². The molecular formula is C4H4O4S. The van der Waals surface area contributed by atoms with Crippen molar-refractivity contribution >= 4 is 15.8 Å². The summed E-state index contributed by atoms with van der Waals surface area (Å²) in [5.74, 6) is -1.26. The molecule has 1 aliphatic heterocycles. The Kier molecular flexibility index (Phi) is 1.28. The van der Waals surface area contributed by atoms with E-state index in [0.717, 1.165) is 11.7 Å². The van der Waals surface area contributed by atoms with Gasteiger partial charge in [0.05, 0.1) is 5.41 Å². The minimum absolute atomic E-state index is 0.538. The fourth-order valence-corrected chi connectivity index (χ4v) is 1.15. The van der Waals surface area contributed by atoms with Crippen LogP contribution in [0.5, 0.6) is 0 Å². The van der Waals surface area contributed by atoms with E-state index in [0.29, 0.717) is 0 Å². The van der Waals surface area contributed by atoms with Crippen molar-refractivity contribution in [2.24, 2.45) is 0 Å². The van der Waals surface area contributed by atoms with Crippen molar-refractivity contribution in [1.82, 2.24) is 0 Å². The van der Waals surface area contributed by atoms with Gasteiger partial charge in [-0.3, -0.25) is 4.79 Å². The first-order valence-electron chi connectivity index (χ1n) is 2.19. The van der Waals surface area contributed by atoms with Crippen LogP contribution in [-0.4, -0.2) is 20.1 Å². The average Bonchev–Trinajstić information content (AvgIpc) is 1.60. The van der Waals surface area contributed by atoms with E-state index in [1.807, 2.05) is 0 Å². The van der Waals surface area contributed by atoms with Crippen molar-refractivity contribution in [1.29, 1.82) is 0 Å². The number of ether oxygens (including phenoxy) is 1. The van der Waals surface area contributed by atoms with Gasteiger partial charge in [-0.25, -0.2) is 8.42 Å². The number of carbonyl (C=O) groups excluding carboxylic acids is 1. The molecule has 5 heteroatoms. The summed E-state index contributed by atoms with van der Waals surface area (Å²) in [4.78, 5) is 10.2. The maximum absolute atomic E-state index is 10.5. The van der Waals surface area contributed by atoms with Crippen molar-refractivity contribution in [2.75, 3.05) is 5.75 Å². The lowest BCUT2D eigenvalue weighted by Gasteiger charge is -2.02. The molecule has 0 aromatic carbocycles. The lowest BCUT2D eigenvalue weighted by molar-refractivity contribution is -0.135. The Balaban J connectivity index is 2.97. The van der Waals surface area contributed by atoms with Gasteiger partial charge in [-0.2, -0.15) is 0 Å². The minimum atomic E-state index is -3.29. The molecule has 1 heterocycles. The molecule has 0 aromatic heterocycles. The van der Waals surface area contributed by atoms with Crippen LogP contribution in [0.2, 0.25) is 0 Å². The van der Waals surface area contributed by atoms with E-state index in [2.05, 4.69) is 4.74 Å². The molecule has 0 saturated heterocycles. The molecule has 0 spiro atoms. The smallest absolute Gasteiger partial charge is 0.326 e. The Morgan fingerprint density at radius 1 is 1.56 bits per heavy atom. The van der Waals surface area contributed by atoms with Gasteiger partial charge in [-0.05, 0) is 0 Å². The van der Waals surface area contributed by atoms with Gasteiger partial charge in [0.2, 0.25) is 0 Å². The highest BCUT2D eigenvalue weighted by Gasteiger charge is 2.18. The van der Waals surface area contributed by atoms with Gasteiger partial charge >= 0.3 is 5.97 Å². The Bertz CT molecular complexity index is 248. The normalized spacial score (nSPS) is 23.3. The summed E-state index contributed by atoms with van der Waals surface area (Å²) < 4.78 is 25.2. The molecule has 0 aromatic rings. The van der Waals surface area contributed by atoms with Crippen LogP contribution in [0.3, 0.4) is 0 Å². The van der Waals surface area contributed by atoms with E-state index in [9.17, 15) is 13.2 Å². The highest BCUT2D eigenvalue weighted by molar-refractivity contribution is 7.95. The first kappa shape index (κ1) is 6.28. The number of cyclic esters (lactones) is 1. The topological polar surface area (TPSA) is 60.4 Å². The summed E-state index contributed by atoms with van der Waals surface area (Å²) in [5, 5.41) is 0.869. The summed E-state index contributed by atoms with van der Waals surface area (Å²) in [5.41, 5.74) is 0. The average molecular weight is 148 g/mol.